The fourth-order valence-corrected chi connectivity index (χ4v) is 1.53. The van der Waals surface area contributed by atoms with Crippen LogP contribution in [-0.2, 0) is 4.79 Å². The third kappa shape index (κ3) is 3.26. The minimum absolute atomic E-state index is 0.198. The zero-order valence-electron chi connectivity index (χ0n) is 10.4. The van der Waals surface area contributed by atoms with E-state index >= 15 is 0 Å². The number of aryl methyl sites for hydroxylation is 1. The predicted molar refractivity (Wildman–Crippen MR) is 67.2 cm³/mol. The fraction of sp³-hybridized carbons (Fsp3) is 0.462. The van der Waals surface area contributed by atoms with Crippen molar-refractivity contribution in [1.82, 2.24) is 0 Å². The normalized spacial score (nSPS) is 13.2. The second-order valence-corrected chi connectivity index (χ2v) is 5.21. The van der Waals surface area contributed by atoms with Gasteiger partial charge in [-0.1, -0.05) is 38.5 Å². The molecule has 3 nitrogen and oxygen atoms in total. The molecular formula is C13H20N2O. The van der Waals surface area contributed by atoms with Gasteiger partial charge < -0.3 is 11.1 Å². The second-order valence-electron chi connectivity index (χ2n) is 5.21. The number of carbonyl (C=O) groups excluding carboxylic acids is 1. The summed E-state index contributed by atoms with van der Waals surface area (Å²) in [6, 6.07) is 7.55. The first kappa shape index (κ1) is 12.6. The molecule has 0 spiro atoms. The van der Waals surface area contributed by atoms with Gasteiger partial charge in [-0.25, -0.2) is 0 Å². The Balaban J connectivity index is 2.84. The summed E-state index contributed by atoms with van der Waals surface area (Å²) in [6.45, 7) is 8.00. The molecule has 3 heteroatoms. The van der Waals surface area contributed by atoms with Crippen molar-refractivity contribution in [3.63, 3.8) is 0 Å². The highest BCUT2D eigenvalue weighted by Crippen LogP contribution is 2.23. The number of hydrogen-bond donors (Lipinski definition) is 2. The number of rotatable bonds is 3. The van der Waals surface area contributed by atoms with Crippen LogP contribution in [0.3, 0.4) is 0 Å². The van der Waals surface area contributed by atoms with Gasteiger partial charge in [-0.2, -0.15) is 0 Å². The maximum atomic E-state index is 11.4. The van der Waals surface area contributed by atoms with Crippen LogP contribution in [0.1, 0.15) is 26.3 Å². The number of nitrogens with two attached hydrogens (primary N) is 1. The lowest BCUT2D eigenvalue weighted by atomic mass is 9.86. The standard InChI is InChI=1S/C13H20N2O/c1-9-5-7-10(8-6-9)15-11(12(14)16)13(2,3)4/h5-8,11,15H,1-4H3,(H2,14,16). The molecule has 88 valence electrons. The van der Waals surface area contributed by atoms with E-state index < -0.39 is 0 Å². The van der Waals surface area contributed by atoms with Gasteiger partial charge in [0.15, 0.2) is 0 Å². The molecule has 1 rings (SSSR count). The van der Waals surface area contributed by atoms with Crippen molar-refractivity contribution < 1.29 is 4.79 Å². The van der Waals surface area contributed by atoms with Crippen LogP contribution in [0.25, 0.3) is 0 Å². The van der Waals surface area contributed by atoms with Gasteiger partial charge in [0, 0.05) is 5.69 Å². The Morgan fingerprint density at radius 3 is 2.12 bits per heavy atom. The van der Waals surface area contributed by atoms with Crippen LogP contribution in [0.15, 0.2) is 24.3 Å². The summed E-state index contributed by atoms with van der Waals surface area (Å²) in [5, 5.41) is 3.17. The highest BCUT2D eigenvalue weighted by molar-refractivity contribution is 5.83. The molecule has 0 bridgehead atoms. The molecule has 16 heavy (non-hydrogen) atoms. The molecule has 1 unspecified atom stereocenters. The average molecular weight is 220 g/mol. The molecule has 0 radical (unpaired) electrons. The van der Waals surface area contributed by atoms with Crippen molar-refractivity contribution in [2.24, 2.45) is 11.1 Å². The van der Waals surface area contributed by atoms with Crippen LogP contribution < -0.4 is 11.1 Å². The van der Waals surface area contributed by atoms with Gasteiger partial charge in [0.25, 0.3) is 0 Å². The van der Waals surface area contributed by atoms with E-state index in [1.807, 2.05) is 52.0 Å². The highest BCUT2D eigenvalue weighted by atomic mass is 16.1. The van der Waals surface area contributed by atoms with E-state index in [0.717, 1.165) is 5.69 Å². The summed E-state index contributed by atoms with van der Waals surface area (Å²) >= 11 is 0. The van der Waals surface area contributed by atoms with Gasteiger partial charge in [-0.3, -0.25) is 4.79 Å². The molecule has 1 aromatic carbocycles. The first-order valence-corrected chi connectivity index (χ1v) is 5.43. The van der Waals surface area contributed by atoms with E-state index in [2.05, 4.69) is 5.32 Å². The van der Waals surface area contributed by atoms with Gasteiger partial charge in [0.2, 0.25) is 5.91 Å². The molecule has 0 saturated carbocycles. The molecular weight excluding hydrogens is 200 g/mol. The lowest BCUT2D eigenvalue weighted by Gasteiger charge is -2.29. The minimum atomic E-state index is -0.366. The molecule has 1 atom stereocenters. The summed E-state index contributed by atoms with van der Waals surface area (Å²) in [4.78, 5) is 11.4. The van der Waals surface area contributed by atoms with E-state index in [1.54, 1.807) is 0 Å². The molecule has 1 amide bonds. The van der Waals surface area contributed by atoms with Gasteiger partial charge in [0.05, 0.1) is 0 Å². The van der Waals surface area contributed by atoms with Gasteiger partial charge >= 0.3 is 0 Å². The molecule has 0 aliphatic heterocycles. The van der Waals surface area contributed by atoms with E-state index in [-0.39, 0.29) is 17.4 Å². The summed E-state index contributed by atoms with van der Waals surface area (Å²) in [5.41, 5.74) is 7.31. The van der Waals surface area contributed by atoms with Gasteiger partial charge in [-0.05, 0) is 24.5 Å². The lowest BCUT2D eigenvalue weighted by Crippen LogP contribution is -2.45. The quantitative estimate of drug-likeness (QED) is 0.821. The molecule has 0 aliphatic carbocycles. The number of amides is 1. The van der Waals surface area contributed by atoms with Crippen LogP contribution in [0.5, 0.6) is 0 Å². The predicted octanol–water partition coefficient (Wildman–Crippen LogP) is 2.31. The van der Waals surface area contributed by atoms with Crippen LogP contribution in [-0.4, -0.2) is 11.9 Å². The Bertz CT molecular complexity index is 363. The van der Waals surface area contributed by atoms with E-state index in [0.29, 0.717) is 0 Å². The van der Waals surface area contributed by atoms with Crippen molar-refractivity contribution in [3.05, 3.63) is 29.8 Å². The number of primary amides is 1. The van der Waals surface area contributed by atoms with Crippen LogP contribution in [0.2, 0.25) is 0 Å². The van der Waals surface area contributed by atoms with Crippen LogP contribution >= 0.6 is 0 Å². The Morgan fingerprint density at radius 2 is 1.75 bits per heavy atom. The first-order chi connectivity index (χ1) is 7.30. The minimum Gasteiger partial charge on any atom is -0.373 e. The first-order valence-electron chi connectivity index (χ1n) is 5.43. The molecule has 0 aromatic heterocycles. The molecule has 0 aliphatic rings. The number of benzene rings is 1. The summed E-state index contributed by atoms with van der Waals surface area (Å²) in [6.07, 6.45) is 0. The number of carbonyl (C=O) groups is 1. The van der Waals surface area contributed by atoms with Crippen LogP contribution in [0.4, 0.5) is 5.69 Å². The SMILES string of the molecule is Cc1ccc(NC(C(N)=O)C(C)(C)C)cc1. The molecule has 3 N–H and O–H groups in total. The summed E-state index contributed by atoms with van der Waals surface area (Å²) in [7, 11) is 0. The molecule has 1 aromatic rings. The van der Waals surface area contributed by atoms with E-state index in [4.69, 9.17) is 5.73 Å². The van der Waals surface area contributed by atoms with E-state index in [1.165, 1.54) is 5.56 Å². The third-order valence-electron chi connectivity index (χ3n) is 2.51. The average Bonchev–Trinajstić information content (AvgIpc) is 2.14. The topological polar surface area (TPSA) is 55.1 Å². The van der Waals surface area contributed by atoms with Crippen molar-refractivity contribution >= 4 is 11.6 Å². The maximum Gasteiger partial charge on any atom is 0.240 e. The Hall–Kier alpha value is -1.51. The molecule has 0 saturated heterocycles. The third-order valence-corrected chi connectivity index (χ3v) is 2.51. The summed E-state index contributed by atoms with van der Waals surface area (Å²) < 4.78 is 0. The number of hydrogen-bond acceptors (Lipinski definition) is 2. The van der Waals surface area contributed by atoms with E-state index in [9.17, 15) is 4.79 Å². The monoisotopic (exact) mass is 220 g/mol. The number of nitrogens with one attached hydrogen (secondary N) is 1. The smallest absolute Gasteiger partial charge is 0.240 e. The Morgan fingerprint density at radius 1 is 1.25 bits per heavy atom. The van der Waals surface area contributed by atoms with Gasteiger partial charge in [-0.15, -0.1) is 0 Å². The van der Waals surface area contributed by atoms with Crippen LogP contribution in [0, 0.1) is 12.3 Å². The lowest BCUT2D eigenvalue weighted by molar-refractivity contribution is -0.120. The molecule has 0 heterocycles. The Kier molecular flexibility index (Phi) is 3.58. The number of anilines is 1. The summed E-state index contributed by atoms with van der Waals surface area (Å²) in [5.74, 6) is -0.326. The highest BCUT2D eigenvalue weighted by Gasteiger charge is 2.29. The Labute approximate surface area is 97.0 Å². The van der Waals surface area contributed by atoms with Crippen molar-refractivity contribution in [1.29, 1.82) is 0 Å². The van der Waals surface area contributed by atoms with Crippen molar-refractivity contribution in [2.75, 3.05) is 5.32 Å². The fourth-order valence-electron chi connectivity index (χ4n) is 1.53. The maximum absolute atomic E-state index is 11.4. The zero-order chi connectivity index (χ0) is 12.3. The second kappa shape index (κ2) is 4.56. The zero-order valence-corrected chi connectivity index (χ0v) is 10.4. The van der Waals surface area contributed by atoms with Crippen molar-refractivity contribution in [2.45, 2.75) is 33.7 Å². The molecule has 0 fully saturated rings. The van der Waals surface area contributed by atoms with Gasteiger partial charge in [0.1, 0.15) is 6.04 Å². The van der Waals surface area contributed by atoms with Crippen molar-refractivity contribution in [3.8, 4) is 0 Å². The largest absolute Gasteiger partial charge is 0.373 e.